The molecule has 0 saturated carbocycles. The number of allylic oxidation sites excluding steroid dienone is 2. The van der Waals surface area contributed by atoms with Crippen molar-refractivity contribution in [1.29, 1.82) is 0 Å². The number of rotatable bonds is 9. The summed E-state index contributed by atoms with van der Waals surface area (Å²) in [5.74, 6) is 1.02. The van der Waals surface area contributed by atoms with Crippen LogP contribution in [-0.2, 0) is 6.54 Å². The van der Waals surface area contributed by atoms with Gasteiger partial charge in [-0.3, -0.25) is 9.98 Å². The van der Waals surface area contributed by atoms with Crippen LogP contribution in [-0.4, -0.2) is 24.9 Å². The smallest absolute Gasteiger partial charge is 0.157 e. The molecule has 0 aromatic heterocycles. The summed E-state index contributed by atoms with van der Waals surface area (Å²) in [7, 11) is 1.95. The van der Waals surface area contributed by atoms with Gasteiger partial charge < -0.3 is 11.1 Å². The van der Waals surface area contributed by atoms with Crippen molar-refractivity contribution in [3.63, 3.8) is 0 Å². The molecule has 51 heavy (non-hydrogen) atoms. The third-order valence-corrected chi connectivity index (χ3v) is 8.69. The average Bonchev–Trinajstić information content (AvgIpc) is 3.18. The zero-order valence-electron chi connectivity index (χ0n) is 30.7. The molecule has 0 atom stereocenters. The number of hydrogen-bond donors (Lipinski definition) is 2. The number of nitrogens with one attached hydrogen (secondary N) is 1. The van der Waals surface area contributed by atoms with Crippen LogP contribution in [0.25, 0.3) is 33.6 Å². The molecule has 0 aliphatic carbocycles. The van der Waals surface area contributed by atoms with E-state index >= 15 is 0 Å². The Kier molecular flexibility index (Phi) is 12.7. The second-order valence-electron chi connectivity index (χ2n) is 12.4. The number of aliphatic imine (C=N–C) groups is 3. The van der Waals surface area contributed by atoms with E-state index in [2.05, 4.69) is 139 Å². The maximum Gasteiger partial charge on any atom is 0.157 e. The van der Waals surface area contributed by atoms with Crippen LogP contribution >= 0.6 is 0 Å². The minimum atomic E-state index is 0.430. The first-order valence-corrected chi connectivity index (χ1v) is 17.8. The average molecular weight is 672 g/mol. The lowest BCUT2D eigenvalue weighted by Crippen LogP contribution is -2.16. The van der Waals surface area contributed by atoms with E-state index < -0.39 is 0 Å². The molecule has 0 unspecified atom stereocenters. The molecule has 258 valence electrons. The Morgan fingerprint density at radius 3 is 1.92 bits per heavy atom. The van der Waals surface area contributed by atoms with Crippen molar-refractivity contribution in [1.82, 2.24) is 5.32 Å². The van der Waals surface area contributed by atoms with Crippen molar-refractivity contribution in [2.24, 2.45) is 20.7 Å². The summed E-state index contributed by atoms with van der Waals surface area (Å²) in [5, 5.41) is 3.28. The van der Waals surface area contributed by atoms with E-state index in [9.17, 15) is 0 Å². The molecule has 0 radical (unpaired) electrons. The Bertz CT molecular complexity index is 2100. The lowest BCUT2D eigenvalue weighted by Gasteiger charge is -2.14. The van der Waals surface area contributed by atoms with E-state index in [0.29, 0.717) is 18.2 Å². The quantitative estimate of drug-likeness (QED) is 0.121. The molecule has 0 fully saturated rings. The summed E-state index contributed by atoms with van der Waals surface area (Å²) < 4.78 is 0. The molecule has 5 aromatic rings. The van der Waals surface area contributed by atoms with Gasteiger partial charge in [-0.05, 0) is 96.8 Å². The van der Waals surface area contributed by atoms with E-state index in [1.54, 1.807) is 0 Å². The molecule has 1 aliphatic rings. The summed E-state index contributed by atoms with van der Waals surface area (Å²) in [6, 6.07) is 40.4. The van der Waals surface area contributed by atoms with Crippen LogP contribution in [0.4, 0.5) is 0 Å². The molecule has 5 nitrogen and oxygen atoms in total. The van der Waals surface area contributed by atoms with Gasteiger partial charge in [0.05, 0.1) is 12.2 Å². The highest BCUT2D eigenvalue weighted by molar-refractivity contribution is 6.11. The fourth-order valence-electron chi connectivity index (χ4n) is 6.07. The SMILES string of the molecule is C/C=C(\NC)c1ccc(-c2cc(C(N=C(N)c3cccc(C)c3)=NCc3cccc(C)c3)cc(-c3ccc(C4=CCCC=N4)cc3)c2)cc1.CC. The molecule has 1 aliphatic heterocycles. The Hall–Kier alpha value is -5.81. The zero-order chi connectivity index (χ0) is 36.2. The predicted molar refractivity (Wildman–Crippen MR) is 220 cm³/mol. The van der Waals surface area contributed by atoms with Crippen LogP contribution in [0.2, 0.25) is 0 Å². The Morgan fingerprint density at radius 1 is 0.706 bits per heavy atom. The summed E-state index contributed by atoms with van der Waals surface area (Å²) in [6.07, 6.45) is 8.30. The zero-order valence-corrected chi connectivity index (χ0v) is 30.7. The van der Waals surface area contributed by atoms with E-state index in [1.807, 2.05) is 46.2 Å². The van der Waals surface area contributed by atoms with Crippen molar-refractivity contribution < 1.29 is 0 Å². The monoisotopic (exact) mass is 671 g/mol. The molecule has 1 heterocycles. The van der Waals surface area contributed by atoms with Crippen LogP contribution in [0.5, 0.6) is 0 Å². The van der Waals surface area contributed by atoms with E-state index in [4.69, 9.17) is 15.7 Å². The van der Waals surface area contributed by atoms with Gasteiger partial charge in [-0.15, -0.1) is 0 Å². The number of nitrogens with zero attached hydrogens (tertiary/aromatic N) is 3. The molecule has 0 spiro atoms. The van der Waals surface area contributed by atoms with Crippen molar-refractivity contribution in [3.05, 3.63) is 166 Å². The summed E-state index contributed by atoms with van der Waals surface area (Å²) >= 11 is 0. The molecule has 5 aromatic carbocycles. The van der Waals surface area contributed by atoms with Gasteiger partial charge in [-0.2, -0.15) is 0 Å². The van der Waals surface area contributed by atoms with E-state index in [-0.39, 0.29) is 0 Å². The number of aryl methyl sites for hydroxylation is 2. The lowest BCUT2D eigenvalue weighted by atomic mass is 9.94. The minimum Gasteiger partial charge on any atom is -0.388 e. The molecular weight excluding hydrogens is 623 g/mol. The third kappa shape index (κ3) is 9.46. The summed E-state index contributed by atoms with van der Waals surface area (Å²) in [4.78, 5) is 14.7. The van der Waals surface area contributed by atoms with Gasteiger partial charge in [0.25, 0.3) is 0 Å². The first-order chi connectivity index (χ1) is 24.9. The molecular formula is C46H49N5. The standard InChI is InChI=1S/C44H43N5.C2H6/c1-5-41(46-4)35-19-15-33(16-20-35)38-26-39(34-17-21-36(22-18-34)42-14-6-7-23-47-42)28-40(27-38)44(48-29-32-12-8-10-30(2)24-32)49-43(45)37-13-9-11-31(3)25-37;1-2/h5,8-28,46H,6-7,29H2,1-4H3,(H2,45,48,49);1-2H3/b41-5-;. The Balaban J connectivity index is 0.00000248. The molecule has 0 saturated heterocycles. The van der Waals surface area contributed by atoms with Crippen molar-refractivity contribution in [2.75, 3.05) is 7.05 Å². The van der Waals surface area contributed by atoms with Gasteiger partial charge in [-0.25, -0.2) is 4.99 Å². The van der Waals surface area contributed by atoms with Crippen LogP contribution < -0.4 is 11.1 Å². The van der Waals surface area contributed by atoms with Crippen molar-refractivity contribution >= 4 is 29.3 Å². The molecule has 3 N–H and O–H groups in total. The number of benzene rings is 5. The number of nitrogens with two attached hydrogens (primary N) is 1. The van der Waals surface area contributed by atoms with Crippen LogP contribution in [0, 0.1) is 13.8 Å². The van der Waals surface area contributed by atoms with Crippen molar-refractivity contribution in [2.45, 2.75) is 54.0 Å². The van der Waals surface area contributed by atoms with Gasteiger partial charge in [0.2, 0.25) is 0 Å². The van der Waals surface area contributed by atoms with Crippen LogP contribution in [0.3, 0.4) is 0 Å². The number of amidine groups is 2. The van der Waals surface area contributed by atoms with Gasteiger partial charge >= 0.3 is 0 Å². The van der Waals surface area contributed by atoms with Crippen LogP contribution in [0.15, 0.2) is 142 Å². The fourth-order valence-corrected chi connectivity index (χ4v) is 6.07. The molecule has 6 rings (SSSR count). The molecule has 0 bridgehead atoms. The maximum atomic E-state index is 6.69. The largest absolute Gasteiger partial charge is 0.388 e. The summed E-state index contributed by atoms with van der Waals surface area (Å²) in [5.41, 5.74) is 20.6. The van der Waals surface area contributed by atoms with E-state index in [0.717, 1.165) is 79.9 Å². The summed E-state index contributed by atoms with van der Waals surface area (Å²) in [6.45, 7) is 10.7. The fraction of sp³-hybridized carbons (Fsp3) is 0.196. The van der Waals surface area contributed by atoms with Gasteiger partial charge in [-0.1, -0.05) is 128 Å². The predicted octanol–water partition coefficient (Wildman–Crippen LogP) is 10.8. The van der Waals surface area contributed by atoms with Gasteiger partial charge in [0.15, 0.2) is 5.84 Å². The maximum absolute atomic E-state index is 6.69. The highest BCUT2D eigenvalue weighted by Gasteiger charge is 2.13. The van der Waals surface area contributed by atoms with Gasteiger partial charge in [0, 0.05) is 30.1 Å². The Morgan fingerprint density at radius 2 is 1.33 bits per heavy atom. The second-order valence-corrected chi connectivity index (χ2v) is 12.4. The van der Waals surface area contributed by atoms with E-state index in [1.165, 1.54) is 5.56 Å². The minimum absolute atomic E-state index is 0.430. The van der Waals surface area contributed by atoms with Crippen LogP contribution in [0.1, 0.15) is 72.6 Å². The lowest BCUT2D eigenvalue weighted by molar-refractivity contribution is 1.06. The topological polar surface area (TPSA) is 75.1 Å². The first-order valence-electron chi connectivity index (χ1n) is 17.8. The highest BCUT2D eigenvalue weighted by atomic mass is 15.0. The number of hydrogen-bond acceptors (Lipinski definition) is 3. The van der Waals surface area contributed by atoms with Gasteiger partial charge in [0.1, 0.15) is 5.84 Å². The second kappa shape index (κ2) is 17.7. The highest BCUT2D eigenvalue weighted by Crippen LogP contribution is 2.31. The first kappa shape index (κ1) is 36.5. The van der Waals surface area contributed by atoms with Crippen molar-refractivity contribution in [3.8, 4) is 22.3 Å². The molecule has 0 amide bonds. The Labute approximate surface area is 304 Å². The normalized spacial score (nSPS) is 13.3. The molecule has 5 heteroatoms. The third-order valence-electron chi connectivity index (χ3n) is 8.69.